The van der Waals surface area contributed by atoms with Gasteiger partial charge >= 0.3 is 0 Å². The maximum atomic E-state index is 11.7. The average molecular weight is 553 g/mol. The van der Waals surface area contributed by atoms with Crippen LogP contribution in [0.1, 0.15) is 40.3 Å². The lowest BCUT2D eigenvalue weighted by Crippen LogP contribution is -2.12. The highest BCUT2D eigenvalue weighted by atomic mass is 35.5. The largest absolute Gasteiger partial charge is 0.490 e. The second kappa shape index (κ2) is 12.3. The maximum Gasteiger partial charge on any atom is 0.220 e. The fourth-order valence-electron chi connectivity index (χ4n) is 3.91. The molecule has 10 heteroatoms. The van der Waals surface area contributed by atoms with Crippen molar-refractivity contribution in [2.45, 2.75) is 44.7 Å². The Balaban J connectivity index is 1.63. The van der Waals surface area contributed by atoms with E-state index in [1.165, 1.54) is 17.3 Å². The van der Waals surface area contributed by atoms with Crippen LogP contribution in [0.4, 0.5) is 0 Å². The third-order valence-electron chi connectivity index (χ3n) is 6.05. The zero-order valence-corrected chi connectivity index (χ0v) is 23.3. The SMILES string of the molecule is CCOc1cc([C@@H](C[N+](=O)[O-])Sc2nnc(C)n2-c2ccc(C)c(C)c2)ccc1OCc1ccc(Cl)cc1. The van der Waals surface area contributed by atoms with Crippen LogP contribution in [0.3, 0.4) is 0 Å². The van der Waals surface area contributed by atoms with Crippen molar-refractivity contribution < 1.29 is 14.4 Å². The Morgan fingerprint density at radius 3 is 2.42 bits per heavy atom. The molecule has 198 valence electrons. The van der Waals surface area contributed by atoms with Crippen molar-refractivity contribution in [2.75, 3.05) is 13.2 Å². The zero-order chi connectivity index (χ0) is 27.2. The minimum absolute atomic E-state index is 0.292. The molecular formula is C28H29ClN4O4S. The summed E-state index contributed by atoms with van der Waals surface area (Å²) in [6, 6.07) is 19.0. The number of rotatable bonds is 11. The fraction of sp³-hybridized carbons (Fsp3) is 0.286. The third kappa shape index (κ3) is 6.65. The predicted molar refractivity (Wildman–Crippen MR) is 149 cm³/mol. The molecule has 1 heterocycles. The van der Waals surface area contributed by atoms with Crippen LogP contribution in [0.25, 0.3) is 5.69 Å². The van der Waals surface area contributed by atoms with Crippen LogP contribution in [0.15, 0.2) is 65.8 Å². The van der Waals surface area contributed by atoms with Gasteiger partial charge in [-0.25, -0.2) is 0 Å². The Morgan fingerprint density at radius 1 is 0.974 bits per heavy atom. The number of thioether (sulfide) groups is 1. The Kier molecular flexibility index (Phi) is 8.91. The number of ether oxygens (including phenoxy) is 2. The third-order valence-corrected chi connectivity index (χ3v) is 7.49. The molecule has 4 rings (SSSR count). The lowest BCUT2D eigenvalue weighted by atomic mass is 10.1. The number of nitro groups is 1. The first-order valence-electron chi connectivity index (χ1n) is 12.2. The standard InChI is InChI=1S/C28H29ClN4O4S/c1-5-36-26-15-22(9-13-25(26)37-17-21-7-10-23(29)11-8-21)27(16-32(34)35)38-28-31-30-20(4)33(28)24-12-6-18(2)19(3)14-24/h6-15,27H,5,16-17H2,1-4H3/t27-/m1/s1. The fourth-order valence-corrected chi connectivity index (χ4v) is 5.20. The van der Waals surface area contributed by atoms with Crippen LogP contribution < -0.4 is 9.47 Å². The molecule has 0 bridgehead atoms. The van der Waals surface area contributed by atoms with Gasteiger partial charge in [0.1, 0.15) is 17.7 Å². The molecule has 3 aromatic carbocycles. The van der Waals surface area contributed by atoms with Crippen LogP contribution in [0.2, 0.25) is 5.02 Å². The van der Waals surface area contributed by atoms with Gasteiger partial charge in [-0.05, 0) is 86.3 Å². The summed E-state index contributed by atoms with van der Waals surface area (Å²) in [4.78, 5) is 11.3. The summed E-state index contributed by atoms with van der Waals surface area (Å²) in [6.07, 6.45) is 0. The highest BCUT2D eigenvalue weighted by Gasteiger charge is 2.25. The second-order valence-electron chi connectivity index (χ2n) is 8.81. The number of benzene rings is 3. The average Bonchev–Trinajstić information content (AvgIpc) is 3.25. The molecule has 0 saturated carbocycles. The smallest absolute Gasteiger partial charge is 0.220 e. The molecule has 0 fully saturated rings. The van der Waals surface area contributed by atoms with E-state index in [9.17, 15) is 10.1 Å². The molecule has 0 aliphatic heterocycles. The second-order valence-corrected chi connectivity index (χ2v) is 10.4. The maximum absolute atomic E-state index is 11.7. The molecule has 0 radical (unpaired) electrons. The minimum Gasteiger partial charge on any atom is -0.490 e. The van der Waals surface area contributed by atoms with Gasteiger partial charge in [0.15, 0.2) is 16.7 Å². The predicted octanol–water partition coefficient (Wildman–Crippen LogP) is 6.93. The summed E-state index contributed by atoms with van der Waals surface area (Å²) < 4.78 is 13.8. The highest BCUT2D eigenvalue weighted by molar-refractivity contribution is 7.99. The Bertz CT molecular complexity index is 1430. The summed E-state index contributed by atoms with van der Waals surface area (Å²) in [5.41, 5.74) is 4.94. The van der Waals surface area contributed by atoms with Crippen LogP contribution in [0.5, 0.6) is 11.5 Å². The number of aromatic nitrogens is 3. The number of halogens is 1. The summed E-state index contributed by atoms with van der Waals surface area (Å²) >= 11 is 7.28. The quantitative estimate of drug-likeness (QED) is 0.113. The molecule has 0 unspecified atom stereocenters. The first kappa shape index (κ1) is 27.5. The van der Waals surface area contributed by atoms with Crippen molar-refractivity contribution in [3.05, 3.63) is 104 Å². The van der Waals surface area contributed by atoms with Gasteiger partial charge < -0.3 is 9.47 Å². The van der Waals surface area contributed by atoms with E-state index < -0.39 is 5.25 Å². The minimum atomic E-state index is -0.525. The number of nitrogens with zero attached hydrogens (tertiary/aromatic N) is 4. The van der Waals surface area contributed by atoms with E-state index >= 15 is 0 Å². The molecule has 0 N–H and O–H groups in total. The van der Waals surface area contributed by atoms with E-state index in [0.29, 0.717) is 40.7 Å². The number of aryl methyl sites for hydroxylation is 3. The highest BCUT2D eigenvalue weighted by Crippen LogP contribution is 2.40. The van der Waals surface area contributed by atoms with Gasteiger partial charge in [-0.1, -0.05) is 47.6 Å². The molecular weight excluding hydrogens is 524 g/mol. The molecule has 0 saturated heterocycles. The number of hydrogen-bond acceptors (Lipinski definition) is 7. The van der Waals surface area contributed by atoms with Gasteiger partial charge in [0.25, 0.3) is 0 Å². The van der Waals surface area contributed by atoms with Gasteiger partial charge in [-0.2, -0.15) is 0 Å². The molecule has 0 aliphatic carbocycles. The molecule has 1 atom stereocenters. The van der Waals surface area contributed by atoms with E-state index in [2.05, 4.69) is 23.2 Å². The van der Waals surface area contributed by atoms with E-state index in [0.717, 1.165) is 22.4 Å². The van der Waals surface area contributed by atoms with E-state index in [4.69, 9.17) is 21.1 Å². The van der Waals surface area contributed by atoms with Crippen LogP contribution in [0, 0.1) is 30.9 Å². The first-order valence-corrected chi connectivity index (χ1v) is 13.4. The van der Waals surface area contributed by atoms with Crippen molar-refractivity contribution in [1.82, 2.24) is 14.8 Å². The molecule has 8 nitrogen and oxygen atoms in total. The Hall–Kier alpha value is -3.56. The molecule has 4 aromatic rings. The monoisotopic (exact) mass is 552 g/mol. The Labute approximate surface area is 231 Å². The molecule has 38 heavy (non-hydrogen) atoms. The van der Waals surface area contributed by atoms with E-state index in [1.54, 1.807) is 6.07 Å². The zero-order valence-electron chi connectivity index (χ0n) is 21.7. The summed E-state index contributed by atoms with van der Waals surface area (Å²) in [7, 11) is 0. The Morgan fingerprint density at radius 2 is 1.74 bits per heavy atom. The van der Waals surface area contributed by atoms with Gasteiger partial charge in [-0.3, -0.25) is 14.7 Å². The lowest BCUT2D eigenvalue weighted by molar-refractivity contribution is -0.479. The van der Waals surface area contributed by atoms with Crippen molar-refractivity contribution >= 4 is 23.4 Å². The van der Waals surface area contributed by atoms with Gasteiger partial charge in [0.2, 0.25) is 6.54 Å². The van der Waals surface area contributed by atoms with Crippen LogP contribution >= 0.6 is 23.4 Å². The van der Waals surface area contributed by atoms with Gasteiger partial charge in [0, 0.05) is 15.6 Å². The molecule has 0 spiro atoms. The normalized spacial score (nSPS) is 11.8. The van der Waals surface area contributed by atoms with E-state index in [-0.39, 0.29) is 11.5 Å². The van der Waals surface area contributed by atoms with Crippen molar-refractivity contribution in [3.63, 3.8) is 0 Å². The topological polar surface area (TPSA) is 92.3 Å². The summed E-state index contributed by atoms with van der Waals surface area (Å²) in [5.74, 6) is 1.79. The molecule has 0 aliphatic rings. The van der Waals surface area contributed by atoms with Crippen molar-refractivity contribution in [3.8, 4) is 17.2 Å². The van der Waals surface area contributed by atoms with Gasteiger partial charge in [-0.15, -0.1) is 10.2 Å². The van der Waals surface area contributed by atoms with Crippen molar-refractivity contribution in [1.29, 1.82) is 0 Å². The summed E-state index contributed by atoms with van der Waals surface area (Å²) in [5, 5.41) is 21.0. The van der Waals surface area contributed by atoms with Crippen LogP contribution in [-0.4, -0.2) is 32.8 Å². The molecule has 0 amide bonds. The molecule has 1 aromatic heterocycles. The first-order chi connectivity index (χ1) is 18.2. The number of hydrogen-bond donors (Lipinski definition) is 0. The van der Waals surface area contributed by atoms with Crippen molar-refractivity contribution in [2.24, 2.45) is 0 Å². The lowest BCUT2D eigenvalue weighted by Gasteiger charge is -2.18. The van der Waals surface area contributed by atoms with Gasteiger partial charge in [0.05, 0.1) is 6.61 Å². The van der Waals surface area contributed by atoms with E-state index in [1.807, 2.05) is 73.9 Å². The summed E-state index contributed by atoms with van der Waals surface area (Å²) in [6.45, 7) is 8.32. The van der Waals surface area contributed by atoms with Crippen LogP contribution in [-0.2, 0) is 6.61 Å².